The third kappa shape index (κ3) is 2.52. The Morgan fingerprint density at radius 1 is 1.50 bits per heavy atom. The van der Waals surface area contributed by atoms with Crippen LogP contribution in [0.15, 0.2) is 30.9 Å². The van der Waals surface area contributed by atoms with Gasteiger partial charge in [0.15, 0.2) is 0 Å². The first-order valence-corrected chi connectivity index (χ1v) is 4.83. The molecule has 0 aromatic heterocycles. The van der Waals surface area contributed by atoms with Gasteiger partial charge in [-0.05, 0) is 32.4 Å². The lowest BCUT2D eigenvalue weighted by atomic mass is 10.1. The van der Waals surface area contributed by atoms with E-state index in [0.29, 0.717) is 18.2 Å². The highest BCUT2D eigenvalue weighted by Gasteiger charge is 2.06. The van der Waals surface area contributed by atoms with E-state index in [1.807, 2.05) is 12.1 Å². The minimum Gasteiger partial charge on any atom is -0.508 e. The molecule has 0 fully saturated rings. The van der Waals surface area contributed by atoms with Gasteiger partial charge in [-0.3, -0.25) is 0 Å². The Bertz CT molecular complexity index is 318. The van der Waals surface area contributed by atoms with Gasteiger partial charge < -0.3 is 10.4 Å². The molecule has 0 radical (unpaired) electrons. The molecule has 0 atom stereocenters. The second kappa shape index (κ2) is 4.70. The van der Waals surface area contributed by atoms with Gasteiger partial charge in [0.05, 0.1) is 0 Å². The molecule has 76 valence electrons. The molecule has 0 aliphatic heterocycles. The number of allylic oxidation sites excluding steroid dienone is 1. The largest absolute Gasteiger partial charge is 0.508 e. The van der Waals surface area contributed by atoms with Crippen LogP contribution in [0.4, 0.5) is 5.69 Å². The third-order valence-corrected chi connectivity index (χ3v) is 1.94. The van der Waals surface area contributed by atoms with Crippen LogP contribution in [-0.2, 0) is 6.42 Å². The number of phenolic OH excluding ortho intramolecular Hbond substituents is 1. The van der Waals surface area contributed by atoms with Crippen molar-refractivity contribution in [3.8, 4) is 5.75 Å². The van der Waals surface area contributed by atoms with Gasteiger partial charge in [0, 0.05) is 17.3 Å². The first-order valence-electron chi connectivity index (χ1n) is 4.83. The second-order valence-corrected chi connectivity index (χ2v) is 3.60. The van der Waals surface area contributed by atoms with Crippen LogP contribution in [0.3, 0.4) is 0 Å². The second-order valence-electron chi connectivity index (χ2n) is 3.60. The van der Waals surface area contributed by atoms with Crippen molar-refractivity contribution >= 4 is 5.69 Å². The average molecular weight is 191 g/mol. The van der Waals surface area contributed by atoms with E-state index in [1.54, 1.807) is 12.1 Å². The Kier molecular flexibility index (Phi) is 3.57. The fraction of sp³-hybridized carbons (Fsp3) is 0.333. The summed E-state index contributed by atoms with van der Waals surface area (Å²) in [4.78, 5) is 0. The van der Waals surface area contributed by atoms with Gasteiger partial charge in [-0.1, -0.05) is 12.1 Å². The summed E-state index contributed by atoms with van der Waals surface area (Å²) in [5, 5.41) is 12.9. The van der Waals surface area contributed by atoms with Crippen LogP contribution < -0.4 is 5.32 Å². The number of phenols is 1. The molecule has 1 aromatic carbocycles. The van der Waals surface area contributed by atoms with Crippen molar-refractivity contribution in [2.24, 2.45) is 0 Å². The zero-order chi connectivity index (χ0) is 10.6. The smallest absolute Gasteiger partial charge is 0.121 e. The van der Waals surface area contributed by atoms with Gasteiger partial charge >= 0.3 is 0 Å². The van der Waals surface area contributed by atoms with Crippen LogP contribution >= 0.6 is 0 Å². The van der Waals surface area contributed by atoms with Crippen molar-refractivity contribution in [3.05, 3.63) is 36.4 Å². The Morgan fingerprint density at radius 2 is 2.21 bits per heavy atom. The molecule has 2 heteroatoms. The number of anilines is 1. The number of rotatable bonds is 4. The van der Waals surface area contributed by atoms with E-state index in [2.05, 4.69) is 25.7 Å². The van der Waals surface area contributed by atoms with Crippen LogP contribution in [0.5, 0.6) is 5.75 Å². The Hall–Kier alpha value is -1.44. The topological polar surface area (TPSA) is 32.3 Å². The number of benzene rings is 1. The quantitative estimate of drug-likeness (QED) is 0.717. The van der Waals surface area contributed by atoms with E-state index in [0.717, 1.165) is 11.3 Å². The maximum atomic E-state index is 9.65. The molecule has 1 aromatic rings. The minimum atomic E-state index is 0.329. The first kappa shape index (κ1) is 10.6. The summed E-state index contributed by atoms with van der Waals surface area (Å²) in [5.74, 6) is 0.329. The minimum absolute atomic E-state index is 0.329. The van der Waals surface area contributed by atoms with Crippen molar-refractivity contribution < 1.29 is 5.11 Å². The summed E-state index contributed by atoms with van der Waals surface area (Å²) >= 11 is 0. The third-order valence-electron chi connectivity index (χ3n) is 1.94. The molecule has 0 amide bonds. The predicted octanol–water partition coefficient (Wildman–Crippen LogP) is 2.94. The Morgan fingerprint density at radius 3 is 2.79 bits per heavy atom. The molecular formula is C12H17NO. The van der Waals surface area contributed by atoms with Crippen molar-refractivity contribution in [2.45, 2.75) is 26.3 Å². The molecule has 0 aliphatic rings. The van der Waals surface area contributed by atoms with Crippen LogP contribution in [0.1, 0.15) is 19.4 Å². The summed E-state index contributed by atoms with van der Waals surface area (Å²) in [5.41, 5.74) is 1.90. The molecule has 0 saturated heterocycles. The van der Waals surface area contributed by atoms with Gasteiger partial charge in [0.2, 0.25) is 0 Å². The van der Waals surface area contributed by atoms with E-state index in [1.165, 1.54) is 0 Å². The molecule has 1 rings (SSSR count). The monoisotopic (exact) mass is 191 g/mol. The van der Waals surface area contributed by atoms with Crippen LogP contribution in [0.2, 0.25) is 0 Å². The fourth-order valence-corrected chi connectivity index (χ4v) is 1.38. The van der Waals surface area contributed by atoms with Crippen LogP contribution in [0.25, 0.3) is 0 Å². The lowest BCUT2D eigenvalue weighted by Gasteiger charge is -2.14. The van der Waals surface area contributed by atoms with Crippen molar-refractivity contribution in [1.82, 2.24) is 0 Å². The van der Waals surface area contributed by atoms with Crippen LogP contribution in [0, 0.1) is 0 Å². The highest BCUT2D eigenvalue weighted by atomic mass is 16.3. The van der Waals surface area contributed by atoms with Gasteiger partial charge in [-0.15, -0.1) is 6.58 Å². The lowest BCUT2D eigenvalue weighted by molar-refractivity contribution is 0.470. The average Bonchev–Trinajstić information content (AvgIpc) is 2.10. The molecule has 2 nitrogen and oxygen atoms in total. The predicted molar refractivity (Wildman–Crippen MR) is 60.8 cm³/mol. The molecular weight excluding hydrogens is 174 g/mol. The molecule has 2 N–H and O–H groups in total. The maximum Gasteiger partial charge on any atom is 0.121 e. The standard InChI is InChI=1S/C12H17NO/c1-4-6-10-11(13-9(2)3)7-5-8-12(10)14/h4-5,7-9,13-14H,1,6H2,2-3H3. The van der Waals surface area contributed by atoms with E-state index >= 15 is 0 Å². The van der Waals surface area contributed by atoms with Gasteiger partial charge in [-0.25, -0.2) is 0 Å². The Balaban J connectivity index is 3.00. The summed E-state index contributed by atoms with van der Waals surface area (Å²) < 4.78 is 0. The van der Waals surface area contributed by atoms with Crippen LogP contribution in [-0.4, -0.2) is 11.1 Å². The summed E-state index contributed by atoms with van der Waals surface area (Å²) in [6, 6.07) is 5.87. The number of nitrogens with one attached hydrogen (secondary N) is 1. The molecule has 0 aliphatic carbocycles. The number of hydrogen-bond acceptors (Lipinski definition) is 2. The molecule has 0 heterocycles. The molecule has 14 heavy (non-hydrogen) atoms. The molecule has 0 spiro atoms. The maximum absolute atomic E-state index is 9.65. The normalized spacial score (nSPS) is 10.2. The molecule has 0 saturated carbocycles. The van der Waals surface area contributed by atoms with Gasteiger partial charge in [0.1, 0.15) is 5.75 Å². The molecule has 0 bridgehead atoms. The summed E-state index contributed by atoms with van der Waals surface area (Å²) in [6.45, 7) is 7.82. The van der Waals surface area contributed by atoms with E-state index in [4.69, 9.17) is 0 Å². The zero-order valence-electron chi connectivity index (χ0n) is 8.75. The van der Waals surface area contributed by atoms with Crippen molar-refractivity contribution in [2.75, 3.05) is 5.32 Å². The van der Waals surface area contributed by atoms with Crippen molar-refractivity contribution in [1.29, 1.82) is 0 Å². The van der Waals surface area contributed by atoms with E-state index in [9.17, 15) is 5.11 Å². The highest BCUT2D eigenvalue weighted by Crippen LogP contribution is 2.26. The van der Waals surface area contributed by atoms with E-state index < -0.39 is 0 Å². The zero-order valence-corrected chi connectivity index (χ0v) is 8.75. The Labute approximate surface area is 85.3 Å². The number of hydrogen-bond donors (Lipinski definition) is 2. The number of aromatic hydroxyl groups is 1. The molecule has 0 unspecified atom stereocenters. The van der Waals surface area contributed by atoms with E-state index in [-0.39, 0.29) is 0 Å². The summed E-state index contributed by atoms with van der Waals surface area (Å²) in [7, 11) is 0. The highest BCUT2D eigenvalue weighted by molar-refractivity contribution is 5.58. The summed E-state index contributed by atoms with van der Waals surface area (Å²) in [6.07, 6.45) is 2.47. The first-order chi connectivity index (χ1) is 6.65. The van der Waals surface area contributed by atoms with Crippen molar-refractivity contribution in [3.63, 3.8) is 0 Å². The fourth-order valence-electron chi connectivity index (χ4n) is 1.38. The van der Waals surface area contributed by atoms with Gasteiger partial charge in [-0.2, -0.15) is 0 Å². The van der Waals surface area contributed by atoms with Gasteiger partial charge in [0.25, 0.3) is 0 Å². The lowest BCUT2D eigenvalue weighted by Crippen LogP contribution is -2.11. The SMILES string of the molecule is C=CCc1c(O)cccc1NC(C)C.